The maximum Gasteiger partial charge on any atom is 0.212 e. The van der Waals surface area contributed by atoms with Crippen molar-refractivity contribution in [2.45, 2.75) is 40.0 Å². The second kappa shape index (κ2) is 9.44. The Kier molecular flexibility index (Phi) is 7.26. The van der Waals surface area contributed by atoms with Gasteiger partial charge >= 0.3 is 0 Å². The second-order valence-corrected chi connectivity index (χ2v) is 6.95. The van der Waals surface area contributed by atoms with Gasteiger partial charge in [-0.1, -0.05) is 26.8 Å². The second-order valence-electron chi connectivity index (χ2n) is 6.95. The minimum atomic E-state index is -0.733. The maximum atomic E-state index is 14.6. The summed E-state index contributed by atoms with van der Waals surface area (Å²) in [6.45, 7) is 5.80. The van der Waals surface area contributed by atoms with Gasteiger partial charge in [-0.2, -0.15) is 4.39 Å². The number of hydrogen-bond donors (Lipinski definition) is 2. The van der Waals surface area contributed by atoms with Gasteiger partial charge in [0.2, 0.25) is 11.7 Å². The zero-order valence-electron chi connectivity index (χ0n) is 16.4. The molecule has 4 nitrogen and oxygen atoms in total. The number of nitrogens with zero attached hydrogens (tertiary/aromatic N) is 1. The lowest BCUT2D eigenvalue weighted by Crippen LogP contribution is -2.27. The van der Waals surface area contributed by atoms with Crippen molar-refractivity contribution in [3.63, 3.8) is 0 Å². The molecule has 28 heavy (non-hydrogen) atoms. The van der Waals surface area contributed by atoms with Gasteiger partial charge in [0.05, 0.1) is 11.3 Å². The number of ketones is 1. The van der Waals surface area contributed by atoms with E-state index >= 15 is 0 Å². The molecule has 1 heterocycles. The van der Waals surface area contributed by atoms with Crippen LogP contribution in [-0.2, 0) is 0 Å². The third kappa shape index (κ3) is 4.94. The van der Waals surface area contributed by atoms with Crippen molar-refractivity contribution < 1.29 is 13.6 Å². The molecule has 0 bridgehead atoms. The van der Waals surface area contributed by atoms with Gasteiger partial charge in [0.25, 0.3) is 0 Å². The van der Waals surface area contributed by atoms with E-state index in [1.165, 1.54) is 30.5 Å². The van der Waals surface area contributed by atoms with Crippen molar-refractivity contribution in [1.82, 2.24) is 4.98 Å². The van der Waals surface area contributed by atoms with Gasteiger partial charge in [-0.05, 0) is 55.0 Å². The van der Waals surface area contributed by atoms with Crippen molar-refractivity contribution >= 4 is 17.2 Å². The first-order valence-corrected chi connectivity index (χ1v) is 9.40. The third-order valence-corrected chi connectivity index (χ3v) is 5.09. The van der Waals surface area contributed by atoms with Crippen LogP contribution in [0.1, 0.15) is 50.4 Å². The molecule has 0 saturated heterocycles. The first-order valence-electron chi connectivity index (χ1n) is 9.40. The van der Waals surface area contributed by atoms with Gasteiger partial charge in [-0.15, -0.1) is 0 Å². The highest BCUT2D eigenvalue weighted by atomic mass is 19.1. The number of hydrogen-bond acceptors (Lipinski definition) is 4. The first-order chi connectivity index (χ1) is 13.3. The Morgan fingerprint density at radius 3 is 2.29 bits per heavy atom. The van der Waals surface area contributed by atoms with Gasteiger partial charge in [0.1, 0.15) is 5.82 Å². The van der Waals surface area contributed by atoms with E-state index in [1.54, 1.807) is 6.07 Å². The molecule has 0 unspecified atom stereocenters. The molecule has 0 aliphatic rings. The van der Waals surface area contributed by atoms with E-state index in [1.807, 2.05) is 20.8 Å². The maximum absolute atomic E-state index is 14.6. The summed E-state index contributed by atoms with van der Waals surface area (Å²) in [5, 5.41) is 16.4. The molecule has 1 aromatic heterocycles. The summed E-state index contributed by atoms with van der Waals surface area (Å²) < 4.78 is 27.5. The van der Waals surface area contributed by atoms with E-state index in [4.69, 9.17) is 10.8 Å². The Labute approximate surface area is 164 Å². The minimum absolute atomic E-state index is 0.0947. The summed E-state index contributed by atoms with van der Waals surface area (Å²) >= 11 is 0. The van der Waals surface area contributed by atoms with Gasteiger partial charge in [-0.3, -0.25) is 4.79 Å². The quantitative estimate of drug-likeness (QED) is 0.329. The standard InChI is InChI=1S/C22H25F2N3O/c1-4-13(3)19(25)11-14(5-2)21(26)22(28)17-8-6-15(10-18(17)23)16-7-9-20(24)27-12-16/h6-10,12-14,25-26H,4-5,11H2,1-3H3/t13-,14+/m1/s1. The fraction of sp³-hybridized carbons (Fsp3) is 0.364. The normalized spacial score (nSPS) is 13.0. The topological polar surface area (TPSA) is 77.7 Å². The molecule has 2 rings (SSSR count). The summed E-state index contributed by atoms with van der Waals surface area (Å²) in [5.41, 5.74) is 1.16. The summed E-state index contributed by atoms with van der Waals surface area (Å²) in [7, 11) is 0. The van der Waals surface area contributed by atoms with Crippen LogP contribution in [0.15, 0.2) is 36.5 Å². The number of carbonyl (C=O) groups is 1. The highest BCUT2D eigenvalue weighted by Gasteiger charge is 2.25. The van der Waals surface area contributed by atoms with Gasteiger partial charge in [-0.25, -0.2) is 9.37 Å². The molecule has 6 heteroatoms. The van der Waals surface area contributed by atoms with Crippen molar-refractivity contribution in [1.29, 1.82) is 10.8 Å². The molecule has 0 saturated carbocycles. The highest BCUT2D eigenvalue weighted by Crippen LogP contribution is 2.24. The lowest BCUT2D eigenvalue weighted by molar-refractivity contribution is 0.105. The van der Waals surface area contributed by atoms with Crippen molar-refractivity contribution in [3.05, 3.63) is 53.9 Å². The predicted octanol–water partition coefficient (Wildman–Crippen LogP) is 5.71. The van der Waals surface area contributed by atoms with Crippen LogP contribution in [0.25, 0.3) is 11.1 Å². The van der Waals surface area contributed by atoms with Crippen LogP contribution in [0.3, 0.4) is 0 Å². The molecule has 0 spiro atoms. The Morgan fingerprint density at radius 1 is 1.07 bits per heavy atom. The molecular formula is C22H25F2N3O. The number of Topliss-reactive ketones (excluding diaryl/α,β-unsaturated/α-hetero) is 1. The van der Waals surface area contributed by atoms with Gasteiger partial charge in [0.15, 0.2) is 0 Å². The average Bonchev–Trinajstić information content (AvgIpc) is 2.70. The molecule has 0 aliphatic heterocycles. The predicted molar refractivity (Wildman–Crippen MR) is 107 cm³/mol. The number of benzene rings is 1. The average molecular weight is 385 g/mol. The van der Waals surface area contributed by atoms with Crippen LogP contribution in [0.5, 0.6) is 0 Å². The number of carbonyl (C=O) groups excluding carboxylic acids is 1. The smallest absolute Gasteiger partial charge is 0.212 e. The lowest BCUT2D eigenvalue weighted by Gasteiger charge is -2.19. The van der Waals surface area contributed by atoms with Gasteiger partial charge < -0.3 is 10.8 Å². The summed E-state index contributed by atoms with van der Waals surface area (Å²) in [4.78, 5) is 16.2. The van der Waals surface area contributed by atoms with E-state index in [2.05, 4.69) is 4.98 Å². The molecule has 2 aromatic rings. The van der Waals surface area contributed by atoms with E-state index in [-0.39, 0.29) is 17.2 Å². The highest BCUT2D eigenvalue weighted by molar-refractivity contribution is 6.45. The SMILES string of the molecule is CC[C@@H](CC(=N)[C@H](C)CC)C(=N)C(=O)c1ccc(-c2ccc(F)nc2)cc1F. The molecule has 0 fully saturated rings. The van der Waals surface area contributed by atoms with E-state index in [0.29, 0.717) is 29.7 Å². The Balaban J connectivity index is 2.21. The van der Waals surface area contributed by atoms with Gasteiger partial charge in [0, 0.05) is 23.4 Å². The monoisotopic (exact) mass is 385 g/mol. The zero-order chi connectivity index (χ0) is 20.8. The zero-order valence-corrected chi connectivity index (χ0v) is 16.4. The van der Waals surface area contributed by atoms with Crippen molar-refractivity contribution in [2.75, 3.05) is 0 Å². The molecule has 2 N–H and O–H groups in total. The molecule has 1 aromatic carbocycles. The number of aromatic nitrogens is 1. The van der Waals surface area contributed by atoms with E-state index in [0.717, 1.165) is 6.42 Å². The van der Waals surface area contributed by atoms with Crippen molar-refractivity contribution in [2.24, 2.45) is 11.8 Å². The molecule has 0 radical (unpaired) electrons. The molecule has 0 amide bonds. The van der Waals surface area contributed by atoms with Crippen LogP contribution >= 0.6 is 0 Å². The summed E-state index contributed by atoms with van der Waals surface area (Å²) in [5.74, 6) is -2.33. The number of pyridine rings is 1. The van der Waals surface area contributed by atoms with Crippen LogP contribution in [0, 0.1) is 34.4 Å². The van der Waals surface area contributed by atoms with Crippen molar-refractivity contribution in [3.8, 4) is 11.1 Å². The molecule has 2 atom stereocenters. The minimum Gasteiger partial charge on any atom is -0.309 e. The molecular weight excluding hydrogens is 360 g/mol. The van der Waals surface area contributed by atoms with Crippen LogP contribution in [0.2, 0.25) is 0 Å². The number of rotatable bonds is 9. The summed E-state index contributed by atoms with van der Waals surface area (Å²) in [6, 6.07) is 6.75. The van der Waals surface area contributed by atoms with E-state index in [9.17, 15) is 13.6 Å². The van der Waals surface area contributed by atoms with Crippen LogP contribution in [-0.4, -0.2) is 22.2 Å². The van der Waals surface area contributed by atoms with Crippen LogP contribution in [0.4, 0.5) is 8.78 Å². The third-order valence-electron chi connectivity index (χ3n) is 5.09. The summed E-state index contributed by atoms with van der Waals surface area (Å²) in [6.07, 6.45) is 2.98. The van der Waals surface area contributed by atoms with E-state index < -0.39 is 23.5 Å². The number of halogens is 2. The fourth-order valence-electron chi connectivity index (χ4n) is 2.92. The Hall–Kier alpha value is -2.76. The lowest BCUT2D eigenvalue weighted by atomic mass is 9.85. The Morgan fingerprint density at radius 2 is 1.75 bits per heavy atom. The molecule has 0 aliphatic carbocycles. The van der Waals surface area contributed by atoms with Crippen LogP contribution < -0.4 is 0 Å². The first kappa shape index (κ1) is 21.5. The Bertz CT molecular complexity index is 878. The largest absolute Gasteiger partial charge is 0.309 e. The fourth-order valence-corrected chi connectivity index (χ4v) is 2.92. The number of nitrogens with one attached hydrogen (secondary N) is 2. The molecule has 148 valence electrons.